The van der Waals surface area contributed by atoms with Gasteiger partial charge in [-0.25, -0.2) is 4.79 Å². The predicted molar refractivity (Wildman–Crippen MR) is 114 cm³/mol. The van der Waals surface area contributed by atoms with Crippen LogP contribution in [-0.2, 0) is 11.2 Å². The first-order valence-corrected chi connectivity index (χ1v) is 9.99. The van der Waals surface area contributed by atoms with Gasteiger partial charge in [0.2, 0.25) is 0 Å². The number of fused-ring (bicyclic) bond motifs is 2. The van der Waals surface area contributed by atoms with Crippen molar-refractivity contribution in [2.75, 3.05) is 6.61 Å². The number of hydrogen-bond acceptors (Lipinski definition) is 3. The van der Waals surface area contributed by atoms with E-state index in [0.29, 0.717) is 18.1 Å². The number of ether oxygens (including phenoxy) is 1. The Morgan fingerprint density at radius 3 is 2.61 bits per heavy atom. The smallest absolute Gasteiger partial charge is 0.338 e. The van der Waals surface area contributed by atoms with Crippen molar-refractivity contribution in [3.63, 3.8) is 0 Å². The first-order chi connectivity index (χ1) is 13.6. The van der Waals surface area contributed by atoms with E-state index < -0.39 is 0 Å². The predicted octanol–water partition coefficient (Wildman–Crippen LogP) is 6.06. The van der Waals surface area contributed by atoms with Gasteiger partial charge in [-0.1, -0.05) is 56.3 Å². The Bertz CT molecular complexity index is 1070. The average Bonchev–Trinajstić information content (AvgIpc) is 2.72. The van der Waals surface area contributed by atoms with Gasteiger partial charge in [-0.05, 0) is 54.3 Å². The quantitative estimate of drug-likeness (QED) is 0.523. The molecule has 1 aliphatic carbocycles. The Hall–Kier alpha value is -2.94. The number of benzene rings is 2. The molecule has 0 bridgehead atoms. The Labute approximate surface area is 166 Å². The summed E-state index contributed by atoms with van der Waals surface area (Å²) in [5.74, 6) is 0.197. The molecule has 2 aromatic carbocycles. The first kappa shape index (κ1) is 18.4. The standard InChI is InChI=1S/C25H25NO2/c1-4-28-25(27)21-12-6-9-17-8-5-11-20(24(17)21)23-15-14-19-18(16(2)3)10-7-13-22(19)26-23/h5-6,8-12,14-16H,4,7,13H2,1-3H3. The number of carbonyl (C=O) groups excluding carboxylic acids is 1. The van der Waals surface area contributed by atoms with Gasteiger partial charge in [-0.15, -0.1) is 0 Å². The van der Waals surface area contributed by atoms with Crippen molar-refractivity contribution >= 4 is 22.3 Å². The average molecular weight is 371 g/mol. The van der Waals surface area contributed by atoms with E-state index in [0.717, 1.165) is 40.6 Å². The largest absolute Gasteiger partial charge is 0.462 e. The van der Waals surface area contributed by atoms with Crippen molar-refractivity contribution in [3.8, 4) is 11.3 Å². The molecule has 0 radical (unpaired) electrons. The maximum atomic E-state index is 12.5. The minimum Gasteiger partial charge on any atom is -0.462 e. The highest BCUT2D eigenvalue weighted by molar-refractivity contribution is 6.10. The summed E-state index contributed by atoms with van der Waals surface area (Å²) in [5.41, 5.74) is 6.27. The van der Waals surface area contributed by atoms with Gasteiger partial charge < -0.3 is 4.74 Å². The molecule has 1 aromatic heterocycles. The topological polar surface area (TPSA) is 39.2 Å². The van der Waals surface area contributed by atoms with E-state index >= 15 is 0 Å². The summed E-state index contributed by atoms with van der Waals surface area (Å²) in [4.78, 5) is 17.6. The lowest BCUT2D eigenvalue weighted by atomic mass is 9.87. The summed E-state index contributed by atoms with van der Waals surface area (Å²) in [6.07, 6.45) is 4.32. The Morgan fingerprint density at radius 1 is 1.07 bits per heavy atom. The maximum absolute atomic E-state index is 12.5. The van der Waals surface area contributed by atoms with Crippen LogP contribution < -0.4 is 0 Å². The van der Waals surface area contributed by atoms with E-state index in [1.807, 2.05) is 43.3 Å². The van der Waals surface area contributed by atoms with Crippen LogP contribution >= 0.6 is 0 Å². The molecular formula is C25H25NO2. The Morgan fingerprint density at radius 2 is 1.86 bits per heavy atom. The fourth-order valence-corrected chi connectivity index (χ4v) is 4.06. The normalized spacial score (nSPS) is 13.4. The molecule has 3 nitrogen and oxygen atoms in total. The second-order valence-electron chi connectivity index (χ2n) is 7.47. The van der Waals surface area contributed by atoms with Gasteiger partial charge in [0.15, 0.2) is 0 Å². The molecule has 0 saturated heterocycles. The molecule has 0 aliphatic heterocycles. The lowest BCUT2D eigenvalue weighted by molar-refractivity contribution is 0.0528. The number of carbonyl (C=O) groups is 1. The summed E-state index contributed by atoms with van der Waals surface area (Å²) in [7, 11) is 0. The molecule has 142 valence electrons. The second-order valence-corrected chi connectivity index (χ2v) is 7.47. The van der Waals surface area contributed by atoms with Crippen LogP contribution in [0.2, 0.25) is 0 Å². The van der Waals surface area contributed by atoms with Crippen molar-refractivity contribution in [2.45, 2.75) is 33.6 Å². The minimum atomic E-state index is -0.288. The zero-order valence-corrected chi connectivity index (χ0v) is 16.7. The fraction of sp³-hybridized carbons (Fsp3) is 0.280. The zero-order valence-electron chi connectivity index (χ0n) is 16.7. The Kier molecular flexibility index (Phi) is 4.99. The number of esters is 1. The van der Waals surface area contributed by atoms with Crippen LogP contribution in [0, 0.1) is 5.92 Å². The minimum absolute atomic E-state index is 0.288. The van der Waals surface area contributed by atoms with E-state index in [9.17, 15) is 4.79 Å². The SMILES string of the molecule is CCOC(=O)c1cccc2cccc(-c3ccc4c(n3)CCC=C4C(C)C)c12. The third-order valence-corrected chi connectivity index (χ3v) is 5.33. The maximum Gasteiger partial charge on any atom is 0.338 e. The lowest BCUT2D eigenvalue weighted by Gasteiger charge is -2.21. The van der Waals surface area contributed by atoms with Gasteiger partial charge in [-0.2, -0.15) is 0 Å². The number of allylic oxidation sites excluding steroid dienone is 2. The summed E-state index contributed by atoms with van der Waals surface area (Å²) < 4.78 is 5.29. The van der Waals surface area contributed by atoms with E-state index in [1.54, 1.807) is 0 Å². The highest BCUT2D eigenvalue weighted by Crippen LogP contribution is 2.35. The molecule has 4 rings (SSSR count). The molecular weight excluding hydrogens is 346 g/mol. The van der Waals surface area contributed by atoms with Crippen molar-refractivity contribution in [1.82, 2.24) is 4.98 Å². The van der Waals surface area contributed by atoms with Crippen molar-refractivity contribution in [2.24, 2.45) is 5.92 Å². The summed E-state index contributed by atoms with van der Waals surface area (Å²) in [6.45, 7) is 6.64. The van der Waals surface area contributed by atoms with Gasteiger partial charge >= 0.3 is 5.97 Å². The molecule has 0 amide bonds. The second kappa shape index (κ2) is 7.59. The lowest BCUT2D eigenvalue weighted by Crippen LogP contribution is -2.08. The van der Waals surface area contributed by atoms with Crippen LogP contribution in [0.5, 0.6) is 0 Å². The van der Waals surface area contributed by atoms with Crippen LogP contribution in [-0.4, -0.2) is 17.6 Å². The number of aromatic nitrogens is 1. The number of rotatable bonds is 4. The highest BCUT2D eigenvalue weighted by Gasteiger charge is 2.19. The first-order valence-electron chi connectivity index (χ1n) is 9.99. The number of pyridine rings is 1. The molecule has 28 heavy (non-hydrogen) atoms. The molecule has 1 heterocycles. The Balaban J connectivity index is 1.89. The fourth-order valence-electron chi connectivity index (χ4n) is 4.06. The van der Waals surface area contributed by atoms with E-state index in [1.165, 1.54) is 11.1 Å². The van der Waals surface area contributed by atoms with Crippen LogP contribution in [0.15, 0.2) is 54.6 Å². The molecule has 0 atom stereocenters. The molecule has 1 aliphatic rings. The molecule has 0 spiro atoms. The van der Waals surface area contributed by atoms with E-state index in [2.05, 4.69) is 32.1 Å². The summed E-state index contributed by atoms with van der Waals surface area (Å²) in [5, 5.41) is 1.93. The summed E-state index contributed by atoms with van der Waals surface area (Å²) >= 11 is 0. The third kappa shape index (κ3) is 3.22. The van der Waals surface area contributed by atoms with Crippen LogP contribution in [0.1, 0.15) is 48.8 Å². The zero-order chi connectivity index (χ0) is 19.7. The summed E-state index contributed by atoms with van der Waals surface area (Å²) in [6, 6.07) is 16.1. The number of nitrogens with zero attached hydrogens (tertiary/aromatic N) is 1. The van der Waals surface area contributed by atoms with E-state index in [-0.39, 0.29) is 5.97 Å². The van der Waals surface area contributed by atoms with Crippen molar-refractivity contribution in [1.29, 1.82) is 0 Å². The molecule has 3 aromatic rings. The van der Waals surface area contributed by atoms with E-state index in [4.69, 9.17) is 9.72 Å². The molecule has 0 fully saturated rings. The molecule has 0 unspecified atom stereocenters. The highest BCUT2D eigenvalue weighted by atomic mass is 16.5. The number of aryl methyl sites for hydroxylation is 1. The van der Waals surface area contributed by atoms with Gasteiger partial charge in [0.1, 0.15) is 0 Å². The third-order valence-electron chi connectivity index (χ3n) is 5.33. The van der Waals surface area contributed by atoms with Gasteiger partial charge in [-0.3, -0.25) is 4.98 Å². The van der Waals surface area contributed by atoms with Gasteiger partial charge in [0.25, 0.3) is 0 Å². The molecule has 3 heteroatoms. The van der Waals surface area contributed by atoms with Crippen LogP contribution in [0.3, 0.4) is 0 Å². The van der Waals surface area contributed by atoms with Crippen molar-refractivity contribution < 1.29 is 9.53 Å². The van der Waals surface area contributed by atoms with Gasteiger partial charge in [0, 0.05) is 16.6 Å². The van der Waals surface area contributed by atoms with Crippen molar-refractivity contribution in [3.05, 3.63) is 71.4 Å². The molecule has 0 saturated carbocycles. The monoisotopic (exact) mass is 371 g/mol. The number of hydrogen-bond donors (Lipinski definition) is 0. The molecule has 0 N–H and O–H groups in total. The van der Waals surface area contributed by atoms with Crippen LogP contribution in [0.25, 0.3) is 27.6 Å². The van der Waals surface area contributed by atoms with Crippen LogP contribution in [0.4, 0.5) is 0 Å². The van der Waals surface area contributed by atoms with Gasteiger partial charge in [0.05, 0.1) is 17.9 Å².